The van der Waals surface area contributed by atoms with Gasteiger partial charge in [-0.05, 0) is 203 Å². The van der Waals surface area contributed by atoms with E-state index in [0.29, 0.717) is 146 Å². The number of alkyl halides is 8. The molecule has 1 aliphatic heterocycles. The third kappa shape index (κ3) is 31.0. The number of hydrogen-bond acceptors (Lipinski definition) is 14. The van der Waals surface area contributed by atoms with Gasteiger partial charge in [0.25, 0.3) is 0 Å². The second-order valence-corrected chi connectivity index (χ2v) is 62.6. The van der Waals surface area contributed by atoms with Crippen molar-refractivity contribution in [1.29, 1.82) is 0 Å². The van der Waals surface area contributed by atoms with E-state index in [1.165, 1.54) is 44.9 Å². The van der Waals surface area contributed by atoms with Crippen LogP contribution in [0.25, 0.3) is 0 Å². The monoisotopic (exact) mass is 2150 g/mol. The van der Waals surface area contributed by atoms with Gasteiger partial charge < -0.3 is 70.8 Å². The van der Waals surface area contributed by atoms with Crippen molar-refractivity contribution in [2.75, 3.05) is 25.9 Å². The first kappa shape index (κ1) is 107. The van der Waals surface area contributed by atoms with Crippen LogP contribution in [-0.2, 0) is 110 Å². The van der Waals surface area contributed by atoms with Crippen LogP contribution in [0.15, 0.2) is 170 Å². The molecule has 12 N–H and O–H groups in total. The van der Waals surface area contributed by atoms with E-state index in [9.17, 15) is 61.3 Å². The van der Waals surface area contributed by atoms with Gasteiger partial charge >= 0.3 is 49.6 Å². The van der Waals surface area contributed by atoms with E-state index in [1.54, 1.807) is 0 Å². The number of unbranched alkanes of at least 4 members (excludes halogenated alkanes) is 5. The average molecular weight is 2150 g/mol. The van der Waals surface area contributed by atoms with Crippen molar-refractivity contribution in [3.8, 4) is 69.0 Å². The maximum atomic E-state index is 11.4. The summed E-state index contributed by atoms with van der Waals surface area (Å²) in [6.45, 7) is 13.0. The predicted octanol–water partition coefficient (Wildman–Crippen LogP) is 28.5. The van der Waals surface area contributed by atoms with Crippen molar-refractivity contribution >= 4 is 142 Å². The summed E-state index contributed by atoms with van der Waals surface area (Å²) in [5.41, 5.74) is 23.6. The van der Waals surface area contributed by atoms with Crippen molar-refractivity contribution in [1.82, 2.24) is 0 Å². The molecular weight excluding hydrogens is 2040 g/mol. The molecule has 0 amide bonds. The minimum atomic E-state index is -3.29. The number of benzene rings is 12. The van der Waals surface area contributed by atoms with Crippen molar-refractivity contribution in [2.45, 2.75) is 191 Å². The van der Waals surface area contributed by atoms with Gasteiger partial charge in [-0.25, -0.2) is 0 Å². The molecule has 1 saturated heterocycles. The Morgan fingerprint density at radius 3 is 0.586 bits per heavy atom. The van der Waals surface area contributed by atoms with E-state index in [1.807, 2.05) is 198 Å². The molecule has 16 rings (SSSR count). The Labute approximate surface area is 838 Å². The molecule has 0 spiro atoms. The number of hydrogen-bond donors (Lipinski definition) is 12. The fourth-order valence-corrected chi connectivity index (χ4v) is 18.0. The molecular formula is C106H112Cl12O14Sn. The van der Waals surface area contributed by atoms with Crippen molar-refractivity contribution in [3.63, 3.8) is 0 Å². The molecule has 12 aromatic carbocycles. The minimum absolute atomic E-state index is 0.0741. The molecule has 708 valence electrons. The third-order valence-corrected chi connectivity index (χ3v) is 24.9. The summed E-state index contributed by atoms with van der Waals surface area (Å²) in [7, 11) is 20.1. The van der Waals surface area contributed by atoms with Crippen molar-refractivity contribution in [3.05, 3.63) is 348 Å². The van der Waals surface area contributed by atoms with Crippen LogP contribution in [0.3, 0.4) is 0 Å². The Bertz CT molecular complexity index is 5030. The average Bonchev–Trinajstić information content (AvgIpc) is 0.864. The van der Waals surface area contributed by atoms with Gasteiger partial charge in [0.2, 0.25) is 0 Å². The second-order valence-electron chi connectivity index (χ2n) is 33.9. The zero-order valence-electron chi connectivity index (χ0n) is 74.8. The Balaban J connectivity index is 0.000000183. The number of aromatic hydroxyl groups is 12. The SMILES string of the molecule is C1CCOC1.CCCCCCCCOCCl.Cc1cc2c(O)c(c1)Cc1cc(C)cc(c1O)Cc1cc(C)cc(c1O)Cc1cc(C)cc(c1O)C2.ClC(Cl)Cl.Oc1c2cc(CCl)cc1Cc1cc(CCl)cc(c1O)Cc1cc(CCl)cc(c1O)Cc1cc(CCl)cc(c1O)C2.Oc1c2cccc1Cc1cccc(c1O)Cc1cccc(c1O)Cc1cccc(c1O)C2.[Cl][Sn]([Cl])([Cl])[Cl]. The van der Waals surface area contributed by atoms with Crippen LogP contribution in [0.2, 0.25) is 0 Å². The third-order valence-electron chi connectivity index (χ3n) is 23.5. The fourth-order valence-electron chi connectivity index (χ4n) is 17.3. The summed E-state index contributed by atoms with van der Waals surface area (Å²) in [6, 6.07) is 52.8. The molecule has 0 aromatic heterocycles. The first-order chi connectivity index (χ1) is 63.5. The molecule has 0 saturated carbocycles. The summed E-state index contributed by atoms with van der Waals surface area (Å²) in [5.74, 6) is 2.70. The Kier molecular flexibility index (Phi) is 41.8. The van der Waals surface area contributed by atoms with E-state index in [-0.39, 0.29) is 118 Å². The van der Waals surface area contributed by atoms with E-state index >= 15 is 0 Å². The van der Waals surface area contributed by atoms with Crippen LogP contribution in [0.5, 0.6) is 69.0 Å². The number of phenols is 12. The van der Waals surface area contributed by atoms with Gasteiger partial charge in [-0.1, -0.05) is 278 Å². The zero-order valence-corrected chi connectivity index (χ0v) is 86.7. The fraction of sp³-hybridized carbons (Fsp3) is 0.321. The summed E-state index contributed by atoms with van der Waals surface area (Å²) < 4.78 is 9.20. The number of phenolic OH excluding ortho intramolecular Hbond substituents is 12. The molecule has 0 atom stereocenters. The van der Waals surface area contributed by atoms with E-state index < -0.39 is 18.2 Å². The molecule has 12 aromatic rings. The molecule has 24 bridgehead atoms. The van der Waals surface area contributed by atoms with E-state index in [2.05, 4.69) is 6.92 Å². The zero-order chi connectivity index (χ0) is 96.5. The summed E-state index contributed by atoms with van der Waals surface area (Å²) in [5, 5.41) is 134. The van der Waals surface area contributed by atoms with Crippen LogP contribution in [-0.4, -0.2) is 105 Å². The Morgan fingerprint density at radius 2 is 0.429 bits per heavy atom. The van der Waals surface area contributed by atoms with Gasteiger partial charge in [0.15, 0.2) is 4.30 Å². The van der Waals surface area contributed by atoms with Crippen LogP contribution in [0.1, 0.15) is 236 Å². The van der Waals surface area contributed by atoms with Gasteiger partial charge in [0.05, 0.1) is 0 Å². The molecule has 0 unspecified atom stereocenters. The molecule has 1 fully saturated rings. The number of ether oxygens (including phenoxy) is 2. The molecule has 133 heavy (non-hydrogen) atoms. The Hall–Kier alpha value is -7.56. The predicted molar refractivity (Wildman–Crippen MR) is 549 cm³/mol. The summed E-state index contributed by atoms with van der Waals surface area (Å²) in [4.78, 5) is 0. The molecule has 1 heterocycles. The molecule has 27 heteroatoms. The first-order valence-corrected chi connectivity index (χ1v) is 62.3. The van der Waals surface area contributed by atoms with Gasteiger partial charge in [0, 0.05) is 120 Å². The number of fused-ring (bicyclic) bond motifs is 24. The quantitative estimate of drug-likeness (QED) is 0.0309. The summed E-state index contributed by atoms with van der Waals surface area (Å²) >= 11 is 41.4. The number of halogens is 12. The molecule has 3 aliphatic carbocycles. The van der Waals surface area contributed by atoms with Gasteiger partial charge in [0.1, 0.15) is 75.1 Å². The van der Waals surface area contributed by atoms with Gasteiger partial charge in [-0.2, -0.15) is 0 Å². The molecule has 0 radical (unpaired) electrons. The number of rotatable bonds is 12. The Morgan fingerprint density at radius 1 is 0.271 bits per heavy atom. The van der Waals surface area contributed by atoms with E-state index in [4.69, 9.17) is 138 Å². The second kappa shape index (κ2) is 51.7. The van der Waals surface area contributed by atoms with Crippen molar-refractivity contribution < 1.29 is 70.8 Å². The van der Waals surface area contributed by atoms with Crippen LogP contribution >= 0.6 is 128 Å². The van der Waals surface area contributed by atoms with Gasteiger partial charge in [-0.15, -0.1) is 46.4 Å². The molecule has 4 aliphatic rings. The normalized spacial score (nSPS) is 13.0. The standard InChI is InChI=1S/C32H28Cl4O4.C32H32O4.C28H24O4.C9H19ClO.C4H8O.CHCl3.4ClH.Sn/c33-13-17-1-21-9-23-3-18(14-34)4-25(30(23)38)11-26-7-20(16-36)8-28(32(26)40)12-27-6-19(15-35)5-24(31(27)39)10-22(2-17)29(21)37;1-17-5-21-13-23-7-18(2)9-25(30(23)34)15-27-11-20(4)12-28(32(27)36)16-26-10-19(3)8-24(31(26)35)14-22(6-17)29(21)33;29-25-17-5-1-6-18(25)14-20-8-3-10-22(27(20)31)16-24-12-4-11-23(28(24)32)15-21-9-2-7-19(13-17)26(21)30;1-2-3-4-5-6-7-8-11-9-10;1-2-4-5-3-1;2-1(3)4;;;;;/h1-8,37-40H,9-16H2;5-12,33-36H,13-16H2,1-4H3;1-12,29-32H,13-16H2;2-9H2,1H3;1-4H2;1H;4*1H;/q;;;;;;;;;;+4/p-4. The van der Waals surface area contributed by atoms with Crippen LogP contribution in [0, 0.1) is 27.7 Å². The van der Waals surface area contributed by atoms with Crippen LogP contribution in [0.4, 0.5) is 0 Å². The van der Waals surface area contributed by atoms with E-state index in [0.717, 1.165) is 115 Å². The summed E-state index contributed by atoms with van der Waals surface area (Å²) in [6.07, 6.45) is 14.3. The van der Waals surface area contributed by atoms with Gasteiger partial charge in [-0.3, -0.25) is 0 Å². The van der Waals surface area contributed by atoms with Crippen molar-refractivity contribution in [2.24, 2.45) is 0 Å². The first-order valence-electron chi connectivity index (χ1n) is 43.9. The topological polar surface area (TPSA) is 261 Å². The number of aryl methyl sites for hydroxylation is 4. The number of para-hydroxylation sites is 4. The molecule has 14 nitrogen and oxygen atoms in total. The van der Waals surface area contributed by atoms with Crippen LogP contribution < -0.4 is 0 Å². The maximum absolute atomic E-state index is 11.4.